The first-order valence-electron chi connectivity index (χ1n) is 7.24. The van der Waals surface area contributed by atoms with Gasteiger partial charge in [0.25, 0.3) is 0 Å². The molecule has 0 aromatic rings. The molecule has 19 heavy (non-hydrogen) atoms. The van der Waals surface area contributed by atoms with Crippen molar-refractivity contribution in [3.05, 3.63) is 0 Å². The van der Waals surface area contributed by atoms with Crippen molar-refractivity contribution < 1.29 is 23.4 Å². The van der Waals surface area contributed by atoms with Gasteiger partial charge in [0.2, 0.25) is 0 Å². The molecular weight excluding hydrogens is 254 g/mol. The van der Waals surface area contributed by atoms with Crippen molar-refractivity contribution in [2.45, 2.75) is 56.3 Å². The van der Waals surface area contributed by atoms with E-state index >= 15 is 0 Å². The first-order chi connectivity index (χ1) is 9.17. The van der Waals surface area contributed by atoms with Crippen molar-refractivity contribution in [3.8, 4) is 0 Å². The predicted molar refractivity (Wildman–Crippen MR) is 65.3 cm³/mol. The van der Waals surface area contributed by atoms with Crippen LogP contribution >= 0.6 is 0 Å². The van der Waals surface area contributed by atoms with Gasteiger partial charge >= 0.3 is 0 Å². The Morgan fingerprint density at radius 3 is 2.32 bits per heavy atom. The van der Waals surface area contributed by atoms with Crippen LogP contribution in [0.1, 0.15) is 25.7 Å². The maximum absolute atomic E-state index is 14.3. The zero-order valence-corrected chi connectivity index (χ0v) is 11.2. The molecule has 3 fully saturated rings. The van der Waals surface area contributed by atoms with Crippen LogP contribution in [-0.4, -0.2) is 49.5 Å². The second-order valence-electron chi connectivity index (χ2n) is 6.15. The first kappa shape index (κ1) is 13.7. The summed E-state index contributed by atoms with van der Waals surface area (Å²) in [5, 5.41) is 9.18. The lowest BCUT2D eigenvalue weighted by atomic mass is 9.69. The predicted octanol–water partition coefficient (Wildman–Crippen LogP) is 1.87. The summed E-state index contributed by atoms with van der Waals surface area (Å²) < 4.78 is 39.5. The van der Waals surface area contributed by atoms with Gasteiger partial charge in [-0.2, -0.15) is 0 Å². The number of halogens is 2. The molecule has 0 aromatic carbocycles. The Morgan fingerprint density at radius 1 is 1.05 bits per heavy atom. The Morgan fingerprint density at radius 2 is 1.68 bits per heavy atom. The fourth-order valence-corrected chi connectivity index (χ4v) is 4.25. The normalized spacial score (nSPS) is 53.7. The largest absolute Gasteiger partial charge is 0.396 e. The number of hydrogen-bond acceptors (Lipinski definition) is 3. The zero-order chi connectivity index (χ0) is 13.6. The van der Waals surface area contributed by atoms with Gasteiger partial charge < -0.3 is 14.6 Å². The maximum atomic E-state index is 14.3. The van der Waals surface area contributed by atoms with Crippen LogP contribution in [0.15, 0.2) is 0 Å². The summed E-state index contributed by atoms with van der Waals surface area (Å²) in [5.74, 6) is -0.124. The quantitative estimate of drug-likeness (QED) is 0.837. The number of rotatable bonds is 2. The number of methoxy groups -OCH3 is 1. The third-order valence-electron chi connectivity index (χ3n) is 5.33. The molecule has 8 atom stereocenters. The molecule has 1 heterocycles. The van der Waals surface area contributed by atoms with E-state index in [1.165, 1.54) is 7.11 Å². The highest BCUT2D eigenvalue weighted by atomic mass is 19.1. The van der Waals surface area contributed by atoms with Gasteiger partial charge in [-0.1, -0.05) is 0 Å². The van der Waals surface area contributed by atoms with Crippen molar-refractivity contribution >= 4 is 0 Å². The molecule has 110 valence electrons. The molecule has 8 unspecified atom stereocenters. The van der Waals surface area contributed by atoms with E-state index in [9.17, 15) is 13.9 Å². The van der Waals surface area contributed by atoms with E-state index in [4.69, 9.17) is 9.47 Å². The molecule has 2 aliphatic carbocycles. The maximum Gasteiger partial charge on any atom is 0.152 e. The van der Waals surface area contributed by atoms with Gasteiger partial charge in [0, 0.05) is 19.6 Å². The van der Waals surface area contributed by atoms with E-state index < -0.39 is 30.7 Å². The van der Waals surface area contributed by atoms with Crippen LogP contribution in [0.4, 0.5) is 8.78 Å². The molecule has 0 bridgehead atoms. The molecule has 2 saturated carbocycles. The van der Waals surface area contributed by atoms with Gasteiger partial charge in [-0.05, 0) is 37.5 Å². The van der Waals surface area contributed by atoms with Gasteiger partial charge in [-0.15, -0.1) is 0 Å². The molecule has 0 spiro atoms. The number of aliphatic hydroxyl groups is 1. The average Bonchev–Trinajstić information content (AvgIpc) is 2.80. The highest BCUT2D eigenvalue weighted by molar-refractivity contribution is 5.04. The fourth-order valence-electron chi connectivity index (χ4n) is 4.25. The van der Waals surface area contributed by atoms with Crippen LogP contribution in [0, 0.1) is 17.8 Å². The van der Waals surface area contributed by atoms with E-state index in [1.807, 2.05) is 0 Å². The van der Waals surface area contributed by atoms with Crippen LogP contribution in [-0.2, 0) is 9.47 Å². The zero-order valence-electron chi connectivity index (χ0n) is 11.2. The fraction of sp³-hybridized carbons (Fsp3) is 1.00. The summed E-state index contributed by atoms with van der Waals surface area (Å²) in [5.41, 5.74) is 0. The third kappa shape index (κ3) is 2.10. The SMILES string of the molecule is COC1CCC2C3CCC(CO)C(F)C3OC2C1F. The molecule has 5 heteroatoms. The Kier molecular flexibility index (Phi) is 3.80. The van der Waals surface area contributed by atoms with Crippen LogP contribution in [0.2, 0.25) is 0 Å². The molecule has 1 aliphatic heterocycles. The third-order valence-corrected chi connectivity index (χ3v) is 5.33. The summed E-state index contributed by atoms with van der Waals surface area (Å²) in [4.78, 5) is 0. The molecule has 3 nitrogen and oxygen atoms in total. The van der Waals surface area contributed by atoms with Gasteiger partial charge in [0.15, 0.2) is 6.17 Å². The summed E-state index contributed by atoms with van der Waals surface area (Å²) >= 11 is 0. The van der Waals surface area contributed by atoms with Crippen molar-refractivity contribution in [2.75, 3.05) is 13.7 Å². The van der Waals surface area contributed by atoms with Crippen molar-refractivity contribution in [2.24, 2.45) is 17.8 Å². The van der Waals surface area contributed by atoms with E-state index in [-0.39, 0.29) is 24.4 Å². The van der Waals surface area contributed by atoms with E-state index in [1.54, 1.807) is 0 Å². The topological polar surface area (TPSA) is 38.7 Å². The van der Waals surface area contributed by atoms with Crippen LogP contribution in [0.25, 0.3) is 0 Å². The molecular formula is C14H22F2O3. The second kappa shape index (κ2) is 5.26. The Labute approximate surface area is 112 Å². The van der Waals surface area contributed by atoms with Crippen LogP contribution < -0.4 is 0 Å². The van der Waals surface area contributed by atoms with Gasteiger partial charge in [0.05, 0.1) is 18.3 Å². The van der Waals surface area contributed by atoms with E-state index in [0.29, 0.717) is 12.8 Å². The minimum absolute atomic E-state index is 0.110. The highest BCUT2D eigenvalue weighted by Gasteiger charge is 2.56. The Hall–Kier alpha value is -0.260. The van der Waals surface area contributed by atoms with E-state index in [0.717, 1.165) is 12.8 Å². The monoisotopic (exact) mass is 276 g/mol. The number of alkyl halides is 2. The number of fused-ring (bicyclic) bond motifs is 3. The molecule has 0 radical (unpaired) electrons. The average molecular weight is 276 g/mol. The van der Waals surface area contributed by atoms with Gasteiger partial charge in [-0.25, -0.2) is 8.78 Å². The molecule has 3 aliphatic rings. The molecule has 3 rings (SSSR count). The smallest absolute Gasteiger partial charge is 0.152 e. The number of hydrogen-bond donors (Lipinski definition) is 1. The van der Waals surface area contributed by atoms with Gasteiger partial charge in [-0.3, -0.25) is 0 Å². The van der Waals surface area contributed by atoms with Crippen molar-refractivity contribution in [1.29, 1.82) is 0 Å². The van der Waals surface area contributed by atoms with Gasteiger partial charge in [0.1, 0.15) is 6.17 Å². The Bertz CT molecular complexity index is 298. The Balaban J connectivity index is 1.76. The minimum Gasteiger partial charge on any atom is -0.396 e. The summed E-state index contributed by atoms with van der Waals surface area (Å²) in [6.07, 6.45) is -0.755. The van der Waals surface area contributed by atoms with Crippen molar-refractivity contribution in [3.63, 3.8) is 0 Å². The lowest BCUT2D eigenvalue weighted by Gasteiger charge is -2.37. The summed E-state index contributed by atoms with van der Waals surface area (Å²) in [7, 11) is 1.51. The van der Waals surface area contributed by atoms with Crippen LogP contribution in [0.3, 0.4) is 0 Å². The second-order valence-corrected chi connectivity index (χ2v) is 6.15. The molecule has 0 aromatic heterocycles. The number of ether oxygens (including phenoxy) is 2. The lowest BCUT2D eigenvalue weighted by Crippen LogP contribution is -2.44. The standard InChI is InChI=1S/C14H22F2O3/c1-18-10-5-4-9-8-3-2-7(6-17)11(15)13(8)19-14(9)12(10)16/h7-14,17H,2-6H2,1H3. The number of aliphatic hydroxyl groups excluding tert-OH is 1. The molecule has 0 amide bonds. The lowest BCUT2D eigenvalue weighted by molar-refractivity contribution is -0.113. The molecule has 1 N–H and O–H groups in total. The van der Waals surface area contributed by atoms with Crippen LogP contribution in [0.5, 0.6) is 0 Å². The first-order valence-corrected chi connectivity index (χ1v) is 7.24. The summed E-state index contributed by atoms with van der Waals surface area (Å²) in [6, 6.07) is 0. The minimum atomic E-state index is -1.16. The molecule has 1 saturated heterocycles. The van der Waals surface area contributed by atoms with Crippen molar-refractivity contribution in [1.82, 2.24) is 0 Å². The highest BCUT2D eigenvalue weighted by Crippen LogP contribution is 2.50. The summed E-state index contributed by atoms with van der Waals surface area (Å²) in [6.45, 7) is -0.150. The van der Waals surface area contributed by atoms with E-state index in [2.05, 4.69) is 0 Å².